The SMILES string of the molecule is CCCN(CC)c1sc(C(=O)NC)c(N)c1C1CC1. The quantitative estimate of drug-likeness (QED) is 0.843. The highest BCUT2D eigenvalue weighted by Crippen LogP contribution is 2.51. The van der Waals surface area contributed by atoms with Crippen LogP contribution < -0.4 is 16.0 Å². The molecule has 1 heterocycles. The van der Waals surface area contributed by atoms with Crippen molar-refractivity contribution in [2.75, 3.05) is 30.8 Å². The van der Waals surface area contributed by atoms with E-state index >= 15 is 0 Å². The zero-order valence-corrected chi connectivity index (χ0v) is 12.8. The number of nitrogens with two attached hydrogens (primary N) is 1. The molecule has 1 saturated carbocycles. The van der Waals surface area contributed by atoms with E-state index in [9.17, 15) is 4.79 Å². The Hall–Kier alpha value is -1.23. The number of anilines is 2. The first-order valence-corrected chi connectivity index (χ1v) is 7.84. The van der Waals surface area contributed by atoms with Gasteiger partial charge < -0.3 is 16.0 Å². The van der Waals surface area contributed by atoms with Crippen molar-refractivity contribution in [3.05, 3.63) is 10.4 Å². The Kier molecular flexibility index (Phi) is 4.34. The minimum absolute atomic E-state index is 0.0665. The van der Waals surface area contributed by atoms with Crippen LogP contribution in [0.5, 0.6) is 0 Å². The third kappa shape index (κ3) is 2.71. The summed E-state index contributed by atoms with van der Waals surface area (Å²) >= 11 is 1.55. The van der Waals surface area contributed by atoms with E-state index in [-0.39, 0.29) is 5.91 Å². The monoisotopic (exact) mass is 281 g/mol. The van der Waals surface area contributed by atoms with Crippen LogP contribution in [-0.2, 0) is 0 Å². The van der Waals surface area contributed by atoms with Crippen LogP contribution in [0.3, 0.4) is 0 Å². The third-order valence-electron chi connectivity index (χ3n) is 3.55. The number of carbonyl (C=O) groups is 1. The lowest BCUT2D eigenvalue weighted by Gasteiger charge is -2.22. The summed E-state index contributed by atoms with van der Waals surface area (Å²) in [6.07, 6.45) is 3.50. The largest absolute Gasteiger partial charge is 0.397 e. The van der Waals surface area contributed by atoms with Crippen molar-refractivity contribution in [2.24, 2.45) is 0 Å². The zero-order chi connectivity index (χ0) is 14.0. The van der Waals surface area contributed by atoms with Crippen molar-refractivity contribution in [3.63, 3.8) is 0 Å². The first kappa shape index (κ1) is 14.2. The van der Waals surface area contributed by atoms with Crippen molar-refractivity contribution in [1.82, 2.24) is 5.32 Å². The van der Waals surface area contributed by atoms with Gasteiger partial charge in [-0.25, -0.2) is 0 Å². The predicted octanol–water partition coefficient (Wildman–Crippen LogP) is 2.80. The highest BCUT2D eigenvalue weighted by Gasteiger charge is 2.34. The van der Waals surface area contributed by atoms with Gasteiger partial charge in [0.2, 0.25) is 0 Å². The number of nitrogens with zero attached hydrogens (tertiary/aromatic N) is 1. The van der Waals surface area contributed by atoms with Crippen molar-refractivity contribution < 1.29 is 4.79 Å². The number of hydrogen-bond donors (Lipinski definition) is 2. The van der Waals surface area contributed by atoms with Gasteiger partial charge in [0.1, 0.15) is 4.88 Å². The molecule has 19 heavy (non-hydrogen) atoms. The van der Waals surface area contributed by atoms with Gasteiger partial charge >= 0.3 is 0 Å². The van der Waals surface area contributed by atoms with Crippen LogP contribution in [0.25, 0.3) is 0 Å². The molecule has 4 nitrogen and oxygen atoms in total. The Morgan fingerprint density at radius 2 is 2.16 bits per heavy atom. The third-order valence-corrected chi connectivity index (χ3v) is 4.83. The summed E-state index contributed by atoms with van der Waals surface area (Å²) in [5.41, 5.74) is 8.16. The van der Waals surface area contributed by atoms with Crippen molar-refractivity contribution in [3.8, 4) is 0 Å². The second-order valence-corrected chi connectivity index (χ2v) is 6.00. The number of carbonyl (C=O) groups excluding carboxylic acids is 1. The molecule has 1 aliphatic carbocycles. The van der Waals surface area contributed by atoms with Gasteiger partial charge in [0.15, 0.2) is 0 Å². The molecule has 0 aromatic carbocycles. The molecule has 0 saturated heterocycles. The molecular formula is C14H23N3OS. The number of amides is 1. The van der Waals surface area contributed by atoms with E-state index < -0.39 is 0 Å². The zero-order valence-electron chi connectivity index (χ0n) is 12.0. The van der Waals surface area contributed by atoms with E-state index in [1.54, 1.807) is 18.4 Å². The summed E-state index contributed by atoms with van der Waals surface area (Å²) in [5, 5.41) is 3.89. The molecule has 1 amide bonds. The number of nitrogens with one attached hydrogen (secondary N) is 1. The van der Waals surface area contributed by atoms with Crippen LogP contribution in [0, 0.1) is 0 Å². The Bertz CT molecular complexity index is 466. The molecule has 106 valence electrons. The Morgan fingerprint density at radius 1 is 1.47 bits per heavy atom. The topological polar surface area (TPSA) is 58.4 Å². The fourth-order valence-corrected chi connectivity index (χ4v) is 3.75. The molecule has 0 spiro atoms. The van der Waals surface area contributed by atoms with Crippen LogP contribution >= 0.6 is 11.3 Å². The maximum Gasteiger partial charge on any atom is 0.263 e. The average molecular weight is 281 g/mol. The maximum absolute atomic E-state index is 11.9. The van der Waals surface area contributed by atoms with E-state index in [4.69, 9.17) is 5.73 Å². The van der Waals surface area contributed by atoms with Gasteiger partial charge in [-0.1, -0.05) is 6.92 Å². The van der Waals surface area contributed by atoms with E-state index in [1.807, 2.05) is 0 Å². The van der Waals surface area contributed by atoms with E-state index in [0.717, 1.165) is 19.5 Å². The van der Waals surface area contributed by atoms with Crippen molar-refractivity contribution in [2.45, 2.75) is 39.0 Å². The smallest absolute Gasteiger partial charge is 0.263 e. The fraction of sp³-hybridized carbons (Fsp3) is 0.643. The lowest BCUT2D eigenvalue weighted by molar-refractivity contribution is 0.0968. The molecule has 0 radical (unpaired) electrons. The van der Waals surface area contributed by atoms with Gasteiger partial charge in [-0.3, -0.25) is 4.79 Å². The second-order valence-electron chi connectivity index (χ2n) is 5.00. The average Bonchev–Trinajstić information content (AvgIpc) is 3.19. The molecule has 1 fully saturated rings. The number of hydrogen-bond acceptors (Lipinski definition) is 4. The van der Waals surface area contributed by atoms with Crippen LogP contribution in [-0.4, -0.2) is 26.0 Å². The lowest BCUT2D eigenvalue weighted by Crippen LogP contribution is -2.23. The minimum atomic E-state index is -0.0665. The number of rotatable bonds is 6. The second kappa shape index (κ2) is 5.82. The van der Waals surface area contributed by atoms with Gasteiger partial charge in [0.05, 0.1) is 10.7 Å². The van der Waals surface area contributed by atoms with Gasteiger partial charge in [-0.15, -0.1) is 11.3 Å². The van der Waals surface area contributed by atoms with Crippen molar-refractivity contribution >= 4 is 27.9 Å². The van der Waals surface area contributed by atoms with E-state index in [1.165, 1.54) is 23.4 Å². The molecule has 0 aliphatic heterocycles. The molecular weight excluding hydrogens is 258 g/mol. The normalized spacial score (nSPS) is 14.5. The Morgan fingerprint density at radius 3 is 2.63 bits per heavy atom. The van der Waals surface area contributed by atoms with Gasteiger partial charge in [-0.05, 0) is 32.1 Å². The minimum Gasteiger partial charge on any atom is -0.397 e. The van der Waals surface area contributed by atoms with Crippen LogP contribution in [0.15, 0.2) is 0 Å². The Labute approximate surface area is 119 Å². The van der Waals surface area contributed by atoms with Crippen LogP contribution in [0.4, 0.5) is 10.7 Å². The molecule has 1 aromatic rings. The van der Waals surface area contributed by atoms with E-state index in [2.05, 4.69) is 24.1 Å². The molecule has 0 atom stereocenters. The molecule has 0 unspecified atom stereocenters. The standard InChI is InChI=1S/C14H23N3OS/c1-4-8-17(5-2)14-10(9-6-7-9)11(15)12(19-14)13(18)16-3/h9H,4-8,15H2,1-3H3,(H,16,18). The summed E-state index contributed by atoms with van der Waals surface area (Å²) in [7, 11) is 1.65. The first-order chi connectivity index (χ1) is 9.13. The van der Waals surface area contributed by atoms with Crippen molar-refractivity contribution in [1.29, 1.82) is 0 Å². The molecule has 1 aliphatic rings. The summed E-state index contributed by atoms with van der Waals surface area (Å²) in [6.45, 7) is 6.31. The Balaban J connectivity index is 2.43. The van der Waals surface area contributed by atoms with Gasteiger partial charge in [0, 0.05) is 25.7 Å². The molecule has 5 heteroatoms. The number of nitrogen functional groups attached to an aromatic ring is 1. The predicted molar refractivity (Wildman–Crippen MR) is 82.3 cm³/mol. The maximum atomic E-state index is 11.9. The first-order valence-electron chi connectivity index (χ1n) is 7.03. The van der Waals surface area contributed by atoms with E-state index in [0.29, 0.717) is 16.5 Å². The molecule has 0 bridgehead atoms. The van der Waals surface area contributed by atoms with Crippen LogP contribution in [0.1, 0.15) is 54.3 Å². The highest BCUT2D eigenvalue weighted by molar-refractivity contribution is 7.18. The van der Waals surface area contributed by atoms with Crippen LogP contribution in [0.2, 0.25) is 0 Å². The highest BCUT2D eigenvalue weighted by atomic mass is 32.1. The summed E-state index contributed by atoms with van der Waals surface area (Å²) in [5.74, 6) is 0.499. The summed E-state index contributed by atoms with van der Waals surface area (Å²) in [4.78, 5) is 14.9. The molecule has 1 aromatic heterocycles. The molecule has 2 rings (SSSR count). The summed E-state index contributed by atoms with van der Waals surface area (Å²) < 4.78 is 0. The lowest BCUT2D eigenvalue weighted by atomic mass is 10.1. The molecule has 3 N–H and O–H groups in total. The summed E-state index contributed by atoms with van der Waals surface area (Å²) in [6, 6.07) is 0. The number of thiophene rings is 1. The van der Waals surface area contributed by atoms with Gasteiger partial charge in [0.25, 0.3) is 5.91 Å². The fourth-order valence-electron chi connectivity index (χ4n) is 2.40. The van der Waals surface area contributed by atoms with Gasteiger partial charge in [-0.2, -0.15) is 0 Å².